The molecule has 0 saturated carbocycles. The summed E-state index contributed by atoms with van der Waals surface area (Å²) in [5.41, 5.74) is 3.25. The molecule has 2 aromatic carbocycles. The number of rotatable bonds is 8. The summed E-state index contributed by atoms with van der Waals surface area (Å²) < 4.78 is 38.9. The number of hydrogen-bond donors (Lipinski definition) is 1. The van der Waals surface area contributed by atoms with Gasteiger partial charge in [-0.3, -0.25) is 4.79 Å². The van der Waals surface area contributed by atoms with Crippen molar-refractivity contribution >= 4 is 39.6 Å². The van der Waals surface area contributed by atoms with Crippen molar-refractivity contribution in [2.75, 3.05) is 7.11 Å². The Bertz CT molecular complexity index is 1250. The van der Waals surface area contributed by atoms with E-state index in [1.54, 1.807) is 39.0 Å². The average Bonchev–Trinajstić information content (AvgIpc) is 2.80. The van der Waals surface area contributed by atoms with Gasteiger partial charge in [0.1, 0.15) is 5.60 Å². The smallest absolute Gasteiger partial charge is 0.331 e. The molecule has 1 unspecified atom stereocenters. The monoisotopic (exact) mass is 533 g/mol. The lowest BCUT2D eigenvalue weighted by atomic mass is 9.82. The lowest BCUT2D eigenvalue weighted by molar-refractivity contribution is -0.148. The minimum absolute atomic E-state index is 0.148. The molecular weight excluding hydrogens is 502 g/mol. The minimum atomic E-state index is -3.74. The van der Waals surface area contributed by atoms with Crippen LogP contribution in [-0.2, 0) is 48.3 Å². The standard InChI is InChI=1S/C27H32ClNO6S/c1-27(2,3)35-26(31)16-8-19-6-5-18(7-15-25(30)34-4)23-14-11-21(17-24(19)23)29-36(32,33)22-12-9-20(28)10-13-22/h5-6,8-10,12-13,16,21,29H,7,11,14-15,17H2,1-4H3/b16-8+. The molecule has 0 amide bonds. The maximum absolute atomic E-state index is 13.0. The number of sulfonamides is 1. The molecule has 0 bridgehead atoms. The maximum Gasteiger partial charge on any atom is 0.331 e. The van der Waals surface area contributed by atoms with E-state index in [1.165, 1.54) is 25.3 Å². The molecule has 0 aliphatic heterocycles. The Morgan fingerprint density at radius 2 is 1.81 bits per heavy atom. The van der Waals surface area contributed by atoms with Gasteiger partial charge in [0.15, 0.2) is 0 Å². The second kappa shape index (κ2) is 11.6. The first-order chi connectivity index (χ1) is 16.9. The van der Waals surface area contributed by atoms with Crippen LogP contribution >= 0.6 is 11.6 Å². The van der Waals surface area contributed by atoms with Gasteiger partial charge < -0.3 is 9.47 Å². The Labute approximate surface area is 217 Å². The molecule has 36 heavy (non-hydrogen) atoms. The molecule has 3 rings (SSSR count). The number of methoxy groups -OCH3 is 1. The fourth-order valence-electron chi connectivity index (χ4n) is 4.20. The number of esters is 2. The van der Waals surface area contributed by atoms with Gasteiger partial charge in [-0.05, 0) is 99.0 Å². The number of carbonyl (C=O) groups excluding carboxylic acids is 2. The van der Waals surface area contributed by atoms with Crippen LogP contribution in [0.2, 0.25) is 5.02 Å². The van der Waals surface area contributed by atoms with Crippen molar-refractivity contribution < 1.29 is 27.5 Å². The second-order valence-electron chi connectivity index (χ2n) is 9.73. The van der Waals surface area contributed by atoms with Crippen molar-refractivity contribution in [1.82, 2.24) is 4.72 Å². The van der Waals surface area contributed by atoms with E-state index in [0.717, 1.165) is 22.3 Å². The molecule has 1 atom stereocenters. The van der Waals surface area contributed by atoms with Crippen LogP contribution in [0, 0.1) is 0 Å². The molecule has 0 fully saturated rings. The molecule has 194 valence electrons. The van der Waals surface area contributed by atoms with Crippen molar-refractivity contribution in [3.63, 3.8) is 0 Å². The Morgan fingerprint density at radius 1 is 1.11 bits per heavy atom. The lowest BCUT2D eigenvalue weighted by Gasteiger charge is -2.29. The third kappa shape index (κ3) is 7.66. The summed E-state index contributed by atoms with van der Waals surface area (Å²) >= 11 is 5.90. The van der Waals surface area contributed by atoms with E-state index in [0.29, 0.717) is 30.7 Å². The molecule has 0 spiro atoms. The average molecular weight is 534 g/mol. The Balaban J connectivity index is 1.88. The number of ether oxygens (including phenoxy) is 2. The van der Waals surface area contributed by atoms with E-state index < -0.39 is 21.6 Å². The molecule has 1 aliphatic carbocycles. The van der Waals surface area contributed by atoms with Crippen molar-refractivity contribution in [1.29, 1.82) is 0 Å². The zero-order valence-electron chi connectivity index (χ0n) is 21.0. The fraction of sp³-hybridized carbons (Fsp3) is 0.407. The van der Waals surface area contributed by atoms with Gasteiger partial charge >= 0.3 is 11.9 Å². The first kappa shape index (κ1) is 27.9. The van der Waals surface area contributed by atoms with Gasteiger partial charge in [-0.15, -0.1) is 0 Å². The van der Waals surface area contributed by atoms with Crippen LogP contribution < -0.4 is 4.72 Å². The van der Waals surface area contributed by atoms with E-state index >= 15 is 0 Å². The van der Waals surface area contributed by atoms with Crippen LogP contribution in [0.4, 0.5) is 0 Å². The van der Waals surface area contributed by atoms with Crippen LogP contribution in [0.25, 0.3) is 6.08 Å². The van der Waals surface area contributed by atoms with Crippen LogP contribution in [0.1, 0.15) is 55.9 Å². The van der Waals surface area contributed by atoms with Crippen molar-refractivity contribution in [2.24, 2.45) is 0 Å². The number of hydrogen-bond acceptors (Lipinski definition) is 6. The van der Waals surface area contributed by atoms with Gasteiger partial charge in [0, 0.05) is 23.6 Å². The summed E-state index contributed by atoms with van der Waals surface area (Å²) in [5.74, 6) is -0.746. The fourth-order valence-corrected chi connectivity index (χ4v) is 5.60. The second-order valence-corrected chi connectivity index (χ2v) is 11.9. The number of halogens is 1. The number of nitrogens with one attached hydrogen (secondary N) is 1. The van der Waals surface area contributed by atoms with Gasteiger partial charge in [0.05, 0.1) is 12.0 Å². The van der Waals surface area contributed by atoms with Gasteiger partial charge in [-0.1, -0.05) is 23.7 Å². The number of benzene rings is 2. The first-order valence-electron chi connectivity index (χ1n) is 11.8. The Hall–Kier alpha value is -2.68. The molecule has 0 aromatic heterocycles. The largest absolute Gasteiger partial charge is 0.469 e. The van der Waals surface area contributed by atoms with Crippen LogP contribution in [0.5, 0.6) is 0 Å². The predicted octanol–water partition coefficient (Wildman–Crippen LogP) is 4.64. The summed E-state index contributed by atoms with van der Waals surface area (Å²) in [6.45, 7) is 5.40. The van der Waals surface area contributed by atoms with Crippen LogP contribution in [-0.4, -0.2) is 39.1 Å². The van der Waals surface area contributed by atoms with Crippen LogP contribution in [0.3, 0.4) is 0 Å². The molecule has 9 heteroatoms. The quantitative estimate of drug-likeness (QED) is 0.392. The Morgan fingerprint density at radius 3 is 2.44 bits per heavy atom. The SMILES string of the molecule is COC(=O)CCc1ccc(/C=C/C(=O)OC(C)(C)C)c2c1CCC(NS(=O)(=O)c1ccc(Cl)cc1)C2. The number of carbonyl (C=O) groups is 2. The van der Waals surface area contributed by atoms with E-state index in [-0.39, 0.29) is 23.3 Å². The normalized spacial score (nSPS) is 16.0. The molecule has 0 heterocycles. The topological polar surface area (TPSA) is 98.8 Å². The molecule has 2 aromatic rings. The molecule has 0 radical (unpaired) electrons. The van der Waals surface area contributed by atoms with E-state index in [2.05, 4.69) is 4.72 Å². The zero-order valence-corrected chi connectivity index (χ0v) is 22.5. The summed E-state index contributed by atoms with van der Waals surface area (Å²) in [6, 6.07) is 9.54. The van der Waals surface area contributed by atoms with E-state index in [4.69, 9.17) is 21.1 Å². The van der Waals surface area contributed by atoms with Gasteiger partial charge in [-0.2, -0.15) is 0 Å². The molecule has 0 saturated heterocycles. The molecular formula is C27H32ClNO6S. The third-order valence-corrected chi connectivity index (χ3v) is 7.62. The predicted molar refractivity (Wildman–Crippen MR) is 139 cm³/mol. The van der Waals surface area contributed by atoms with E-state index in [1.807, 2.05) is 12.1 Å². The highest BCUT2D eigenvalue weighted by Gasteiger charge is 2.27. The number of fused-ring (bicyclic) bond motifs is 1. The zero-order chi connectivity index (χ0) is 26.5. The molecule has 7 nitrogen and oxygen atoms in total. The van der Waals surface area contributed by atoms with Gasteiger partial charge in [-0.25, -0.2) is 17.9 Å². The van der Waals surface area contributed by atoms with E-state index in [9.17, 15) is 18.0 Å². The Kier molecular flexibility index (Phi) is 8.98. The lowest BCUT2D eigenvalue weighted by Crippen LogP contribution is -2.39. The highest BCUT2D eigenvalue weighted by molar-refractivity contribution is 7.89. The summed E-state index contributed by atoms with van der Waals surface area (Å²) in [5, 5.41) is 0.460. The highest BCUT2D eigenvalue weighted by atomic mass is 35.5. The number of aryl methyl sites for hydroxylation is 1. The summed E-state index contributed by atoms with van der Waals surface area (Å²) in [7, 11) is -2.37. The minimum Gasteiger partial charge on any atom is -0.469 e. The highest BCUT2D eigenvalue weighted by Crippen LogP contribution is 2.30. The van der Waals surface area contributed by atoms with Crippen molar-refractivity contribution in [3.05, 3.63) is 69.8 Å². The van der Waals surface area contributed by atoms with Gasteiger partial charge in [0.2, 0.25) is 10.0 Å². The molecule has 1 N–H and O–H groups in total. The van der Waals surface area contributed by atoms with Crippen molar-refractivity contribution in [3.8, 4) is 0 Å². The van der Waals surface area contributed by atoms with Crippen LogP contribution in [0.15, 0.2) is 47.4 Å². The molecule has 1 aliphatic rings. The van der Waals surface area contributed by atoms with Gasteiger partial charge in [0.25, 0.3) is 0 Å². The summed E-state index contributed by atoms with van der Waals surface area (Å²) in [4.78, 5) is 24.1. The maximum atomic E-state index is 13.0. The third-order valence-electron chi connectivity index (χ3n) is 5.84. The summed E-state index contributed by atoms with van der Waals surface area (Å²) in [6.07, 6.45) is 5.54. The first-order valence-corrected chi connectivity index (χ1v) is 13.6. The van der Waals surface area contributed by atoms with Crippen molar-refractivity contribution in [2.45, 2.75) is 69.4 Å².